The second kappa shape index (κ2) is 5.87. The first-order valence-electron chi connectivity index (χ1n) is 6.13. The molecule has 1 aliphatic carbocycles. The van der Waals surface area contributed by atoms with Gasteiger partial charge < -0.3 is 10.0 Å². The van der Waals surface area contributed by atoms with E-state index >= 15 is 0 Å². The highest BCUT2D eigenvalue weighted by Crippen LogP contribution is 2.33. The molecule has 4 heteroatoms. The Morgan fingerprint density at radius 3 is 2.38 bits per heavy atom. The fourth-order valence-electron chi connectivity index (χ4n) is 2.48. The number of carboxylic acid groups (broad SMARTS) is 1. The lowest BCUT2D eigenvalue weighted by atomic mass is 9.94. The maximum atomic E-state index is 12.1. The molecule has 1 aliphatic rings. The minimum absolute atomic E-state index is 0.0363. The van der Waals surface area contributed by atoms with Gasteiger partial charge in [0.05, 0.1) is 11.8 Å². The standard InChI is InChI=1S/C12H21NO3/c1-3-8-13(4-2)11(14)9-6-5-7-10(9)12(15)16/h9-10H,3-8H2,1-2H3,(H,15,16)/t9-,10+/m1/s1. The molecule has 16 heavy (non-hydrogen) atoms. The van der Waals surface area contributed by atoms with Gasteiger partial charge in [-0.2, -0.15) is 0 Å². The van der Waals surface area contributed by atoms with Crippen molar-refractivity contribution in [3.8, 4) is 0 Å². The van der Waals surface area contributed by atoms with Gasteiger partial charge in [0, 0.05) is 13.1 Å². The van der Waals surface area contributed by atoms with Gasteiger partial charge in [0.2, 0.25) is 5.91 Å². The van der Waals surface area contributed by atoms with E-state index in [0.29, 0.717) is 13.0 Å². The second-order valence-corrected chi connectivity index (χ2v) is 4.40. The van der Waals surface area contributed by atoms with Crippen molar-refractivity contribution in [2.75, 3.05) is 13.1 Å². The van der Waals surface area contributed by atoms with Gasteiger partial charge in [0.25, 0.3) is 0 Å². The molecule has 1 rings (SSSR count). The predicted molar refractivity (Wildman–Crippen MR) is 61.0 cm³/mol. The fraction of sp³-hybridized carbons (Fsp3) is 0.833. The summed E-state index contributed by atoms with van der Waals surface area (Å²) >= 11 is 0. The Morgan fingerprint density at radius 1 is 1.25 bits per heavy atom. The minimum Gasteiger partial charge on any atom is -0.481 e. The van der Waals surface area contributed by atoms with Gasteiger partial charge in [0.15, 0.2) is 0 Å². The number of aliphatic carboxylic acids is 1. The van der Waals surface area contributed by atoms with Crippen LogP contribution in [0.5, 0.6) is 0 Å². The summed E-state index contributed by atoms with van der Waals surface area (Å²) in [5.41, 5.74) is 0. The quantitative estimate of drug-likeness (QED) is 0.778. The van der Waals surface area contributed by atoms with Gasteiger partial charge >= 0.3 is 5.97 Å². The molecule has 0 aliphatic heterocycles. The Morgan fingerprint density at radius 2 is 1.88 bits per heavy atom. The number of amides is 1. The molecule has 0 unspecified atom stereocenters. The van der Waals surface area contributed by atoms with Crippen LogP contribution in [-0.4, -0.2) is 35.0 Å². The summed E-state index contributed by atoms with van der Waals surface area (Å²) in [7, 11) is 0. The largest absolute Gasteiger partial charge is 0.481 e. The monoisotopic (exact) mass is 227 g/mol. The van der Waals surface area contributed by atoms with Crippen molar-refractivity contribution in [1.82, 2.24) is 4.90 Å². The predicted octanol–water partition coefficient (Wildman–Crippen LogP) is 1.75. The van der Waals surface area contributed by atoms with Gasteiger partial charge in [0.1, 0.15) is 0 Å². The van der Waals surface area contributed by atoms with E-state index in [1.165, 1.54) is 0 Å². The average molecular weight is 227 g/mol. The molecule has 4 nitrogen and oxygen atoms in total. The van der Waals surface area contributed by atoms with Crippen molar-refractivity contribution in [2.45, 2.75) is 39.5 Å². The molecule has 0 heterocycles. The number of nitrogens with zero attached hydrogens (tertiary/aromatic N) is 1. The highest BCUT2D eigenvalue weighted by molar-refractivity contribution is 5.85. The van der Waals surface area contributed by atoms with Crippen LogP contribution in [-0.2, 0) is 9.59 Å². The number of hydrogen-bond donors (Lipinski definition) is 1. The van der Waals surface area contributed by atoms with Crippen LogP contribution in [0.2, 0.25) is 0 Å². The Balaban J connectivity index is 2.67. The molecule has 1 amide bonds. The van der Waals surface area contributed by atoms with Gasteiger partial charge in [-0.1, -0.05) is 13.3 Å². The van der Waals surface area contributed by atoms with Crippen molar-refractivity contribution >= 4 is 11.9 Å². The molecule has 0 saturated heterocycles. The molecule has 1 saturated carbocycles. The first-order chi connectivity index (χ1) is 7.61. The van der Waals surface area contributed by atoms with E-state index in [4.69, 9.17) is 5.11 Å². The van der Waals surface area contributed by atoms with Crippen LogP contribution in [0.1, 0.15) is 39.5 Å². The van der Waals surface area contributed by atoms with Crippen molar-refractivity contribution in [3.63, 3.8) is 0 Å². The number of carbonyl (C=O) groups is 2. The molecule has 1 fully saturated rings. The van der Waals surface area contributed by atoms with Crippen LogP contribution < -0.4 is 0 Å². The summed E-state index contributed by atoms with van der Waals surface area (Å²) in [4.78, 5) is 24.9. The number of carboxylic acids is 1. The van der Waals surface area contributed by atoms with Gasteiger partial charge in [-0.3, -0.25) is 9.59 Å². The Kier molecular flexibility index (Phi) is 4.77. The van der Waals surface area contributed by atoms with Gasteiger partial charge in [-0.25, -0.2) is 0 Å². The SMILES string of the molecule is CCCN(CC)C(=O)[C@@H]1CCC[C@@H]1C(=O)O. The zero-order valence-corrected chi connectivity index (χ0v) is 10.1. The van der Waals surface area contributed by atoms with Crippen molar-refractivity contribution in [1.29, 1.82) is 0 Å². The number of rotatable bonds is 5. The van der Waals surface area contributed by atoms with E-state index in [1.54, 1.807) is 4.90 Å². The summed E-state index contributed by atoms with van der Waals surface area (Å²) in [6.45, 7) is 5.38. The molecule has 0 bridgehead atoms. The highest BCUT2D eigenvalue weighted by Gasteiger charge is 2.39. The third kappa shape index (κ3) is 2.74. The van der Waals surface area contributed by atoms with Crippen LogP contribution in [0.3, 0.4) is 0 Å². The Labute approximate surface area is 96.6 Å². The lowest BCUT2D eigenvalue weighted by Gasteiger charge is -2.25. The van der Waals surface area contributed by atoms with E-state index in [-0.39, 0.29) is 11.8 Å². The van der Waals surface area contributed by atoms with Crippen molar-refractivity contribution < 1.29 is 14.7 Å². The van der Waals surface area contributed by atoms with Crippen molar-refractivity contribution in [3.05, 3.63) is 0 Å². The second-order valence-electron chi connectivity index (χ2n) is 4.40. The smallest absolute Gasteiger partial charge is 0.307 e. The lowest BCUT2D eigenvalue weighted by Crippen LogP contribution is -2.39. The molecular formula is C12H21NO3. The van der Waals surface area contributed by atoms with E-state index in [0.717, 1.165) is 25.8 Å². The maximum Gasteiger partial charge on any atom is 0.307 e. The van der Waals surface area contributed by atoms with Crippen LogP contribution in [0.4, 0.5) is 0 Å². The third-order valence-corrected chi connectivity index (χ3v) is 3.34. The zero-order chi connectivity index (χ0) is 12.1. The first-order valence-corrected chi connectivity index (χ1v) is 6.13. The molecule has 0 spiro atoms. The first kappa shape index (κ1) is 13.0. The van der Waals surface area contributed by atoms with Crippen molar-refractivity contribution in [2.24, 2.45) is 11.8 Å². The summed E-state index contributed by atoms with van der Waals surface area (Å²) < 4.78 is 0. The van der Waals surface area contributed by atoms with E-state index in [2.05, 4.69) is 0 Å². The summed E-state index contributed by atoms with van der Waals surface area (Å²) in [6, 6.07) is 0. The minimum atomic E-state index is -0.816. The molecule has 1 N–H and O–H groups in total. The highest BCUT2D eigenvalue weighted by atomic mass is 16.4. The molecule has 2 atom stereocenters. The van der Waals surface area contributed by atoms with Crippen LogP contribution in [0, 0.1) is 11.8 Å². The Hall–Kier alpha value is -1.06. The molecule has 0 aromatic carbocycles. The van der Waals surface area contributed by atoms with Crippen LogP contribution in [0.15, 0.2) is 0 Å². The molecular weight excluding hydrogens is 206 g/mol. The molecule has 0 radical (unpaired) electrons. The number of carbonyl (C=O) groups excluding carboxylic acids is 1. The van der Waals surface area contributed by atoms with Gasteiger partial charge in [-0.05, 0) is 26.2 Å². The van der Waals surface area contributed by atoms with Crippen LogP contribution in [0.25, 0.3) is 0 Å². The van der Waals surface area contributed by atoms with E-state index in [9.17, 15) is 9.59 Å². The summed E-state index contributed by atoms with van der Waals surface area (Å²) in [5.74, 6) is -1.53. The summed E-state index contributed by atoms with van der Waals surface area (Å²) in [6.07, 6.45) is 3.16. The topological polar surface area (TPSA) is 57.6 Å². The third-order valence-electron chi connectivity index (χ3n) is 3.34. The normalized spacial score (nSPS) is 24.4. The number of hydrogen-bond acceptors (Lipinski definition) is 2. The fourth-order valence-corrected chi connectivity index (χ4v) is 2.48. The van der Waals surface area contributed by atoms with Gasteiger partial charge in [-0.15, -0.1) is 0 Å². The maximum absolute atomic E-state index is 12.1. The van der Waals surface area contributed by atoms with E-state index < -0.39 is 11.9 Å². The molecule has 0 aromatic heterocycles. The average Bonchev–Trinajstić information content (AvgIpc) is 2.73. The van der Waals surface area contributed by atoms with E-state index in [1.807, 2.05) is 13.8 Å². The van der Waals surface area contributed by atoms with Crippen LogP contribution >= 0.6 is 0 Å². The molecule has 0 aromatic rings. The molecule has 92 valence electrons. The lowest BCUT2D eigenvalue weighted by molar-refractivity contribution is -0.149. The summed E-state index contributed by atoms with van der Waals surface area (Å²) in [5, 5.41) is 9.05. The Bertz CT molecular complexity index is 265. The zero-order valence-electron chi connectivity index (χ0n) is 10.1.